The molecule has 0 saturated carbocycles. The van der Waals surface area contributed by atoms with Gasteiger partial charge in [-0.25, -0.2) is 9.97 Å². The Labute approximate surface area is 116 Å². The molecule has 5 nitrogen and oxygen atoms in total. The first-order valence-electron chi connectivity index (χ1n) is 5.65. The number of rotatable bonds is 2. The van der Waals surface area contributed by atoms with E-state index in [1.165, 1.54) is 0 Å². The first-order valence-corrected chi connectivity index (χ1v) is 6.40. The van der Waals surface area contributed by atoms with Gasteiger partial charge in [-0.3, -0.25) is 0 Å². The molecule has 0 unspecified atom stereocenters. The van der Waals surface area contributed by atoms with Crippen molar-refractivity contribution in [2.75, 3.05) is 24.7 Å². The quantitative estimate of drug-likeness (QED) is 0.665. The summed E-state index contributed by atoms with van der Waals surface area (Å²) in [5, 5.41) is 9.95. The minimum absolute atomic E-state index is 0.0427. The summed E-state index contributed by atoms with van der Waals surface area (Å²) in [4.78, 5) is 9.94. The van der Waals surface area contributed by atoms with Gasteiger partial charge in [-0.1, -0.05) is 11.6 Å². The highest BCUT2D eigenvalue weighted by molar-refractivity contribution is 6.32. The Balaban J connectivity index is 2.38. The van der Waals surface area contributed by atoms with E-state index in [1.807, 2.05) is 18.7 Å². The number of hydrogen-bond donors (Lipinski definition) is 1. The Kier molecular flexibility index (Phi) is 3.96. The monoisotopic (exact) mass is 291 g/mol. The lowest BCUT2D eigenvalue weighted by atomic mass is 9.99. The molecule has 2 atom stereocenters. The van der Waals surface area contributed by atoms with Crippen LogP contribution in [0.2, 0.25) is 10.4 Å². The normalized spacial score (nSPS) is 28.5. The van der Waals surface area contributed by atoms with Crippen LogP contribution in [0.25, 0.3) is 0 Å². The lowest BCUT2D eigenvalue weighted by molar-refractivity contribution is -0.0165. The van der Waals surface area contributed by atoms with Gasteiger partial charge in [0, 0.05) is 12.6 Å². The number of aliphatic hydroxyl groups is 1. The van der Waals surface area contributed by atoms with Crippen molar-refractivity contribution in [1.82, 2.24) is 9.97 Å². The van der Waals surface area contributed by atoms with Crippen molar-refractivity contribution in [2.24, 2.45) is 0 Å². The van der Waals surface area contributed by atoms with Crippen LogP contribution in [0, 0.1) is 0 Å². The minimum atomic E-state index is -0.534. The van der Waals surface area contributed by atoms with Gasteiger partial charge in [-0.15, -0.1) is 0 Å². The van der Waals surface area contributed by atoms with Crippen LogP contribution in [0.4, 0.5) is 5.82 Å². The van der Waals surface area contributed by atoms with Gasteiger partial charge in [-0.2, -0.15) is 0 Å². The van der Waals surface area contributed by atoms with Crippen LogP contribution < -0.4 is 4.90 Å². The number of morpholine rings is 1. The van der Waals surface area contributed by atoms with Gasteiger partial charge in [0.25, 0.3) is 0 Å². The first-order chi connectivity index (χ1) is 8.44. The average molecular weight is 292 g/mol. The van der Waals surface area contributed by atoms with Gasteiger partial charge in [-0.05, 0) is 25.4 Å². The molecule has 7 heteroatoms. The molecular formula is C11H15Cl2N3O2. The fourth-order valence-corrected chi connectivity index (χ4v) is 2.35. The van der Waals surface area contributed by atoms with Gasteiger partial charge < -0.3 is 14.7 Å². The van der Waals surface area contributed by atoms with E-state index >= 15 is 0 Å². The van der Waals surface area contributed by atoms with Crippen molar-refractivity contribution in [3.63, 3.8) is 0 Å². The minimum Gasteiger partial charge on any atom is -0.394 e. The van der Waals surface area contributed by atoms with E-state index in [0.717, 1.165) is 0 Å². The van der Waals surface area contributed by atoms with Crippen molar-refractivity contribution in [1.29, 1.82) is 0 Å². The highest BCUT2D eigenvalue weighted by Gasteiger charge is 2.38. The molecule has 18 heavy (non-hydrogen) atoms. The Morgan fingerprint density at radius 2 is 2.28 bits per heavy atom. The summed E-state index contributed by atoms with van der Waals surface area (Å²) in [6, 6.07) is 1.64. The number of hydrogen-bond acceptors (Lipinski definition) is 5. The molecule has 100 valence electrons. The lowest BCUT2D eigenvalue weighted by Gasteiger charge is -2.46. The fraction of sp³-hybridized carbons (Fsp3) is 0.636. The number of aromatic nitrogens is 2. The molecule has 0 spiro atoms. The van der Waals surface area contributed by atoms with Crippen molar-refractivity contribution in [3.05, 3.63) is 16.5 Å². The van der Waals surface area contributed by atoms with Crippen LogP contribution in [-0.4, -0.2) is 46.5 Å². The molecule has 0 radical (unpaired) electrons. The standard InChI is InChI=1S/C11H15Cl2N3O2/c1-7-4-16(11(2,5-17)6-18-7)9-3-8(12)14-10(13)15-9/h3,7,17H,4-6H2,1-2H3/t7-,11+/m0/s1. The highest BCUT2D eigenvalue weighted by atomic mass is 35.5. The van der Waals surface area contributed by atoms with E-state index in [0.29, 0.717) is 19.0 Å². The van der Waals surface area contributed by atoms with Gasteiger partial charge in [0.1, 0.15) is 11.0 Å². The van der Waals surface area contributed by atoms with E-state index in [1.54, 1.807) is 6.07 Å². The smallest absolute Gasteiger partial charge is 0.225 e. The SMILES string of the molecule is C[C@H]1CN(c2cc(Cl)nc(Cl)n2)[C@](C)(CO)CO1. The second-order valence-corrected chi connectivity index (χ2v) is 5.43. The molecule has 1 N–H and O–H groups in total. The van der Waals surface area contributed by atoms with Gasteiger partial charge in [0.05, 0.1) is 24.9 Å². The third kappa shape index (κ3) is 2.69. The molecule has 0 bridgehead atoms. The van der Waals surface area contributed by atoms with E-state index < -0.39 is 5.54 Å². The lowest BCUT2D eigenvalue weighted by Crippen LogP contribution is -2.60. The zero-order chi connectivity index (χ0) is 13.3. The van der Waals surface area contributed by atoms with Crippen molar-refractivity contribution < 1.29 is 9.84 Å². The zero-order valence-corrected chi connectivity index (χ0v) is 11.7. The van der Waals surface area contributed by atoms with Gasteiger partial charge in [0.2, 0.25) is 5.28 Å². The van der Waals surface area contributed by atoms with Crippen LogP contribution in [0.5, 0.6) is 0 Å². The van der Waals surface area contributed by atoms with E-state index in [-0.39, 0.29) is 23.1 Å². The highest BCUT2D eigenvalue weighted by Crippen LogP contribution is 2.29. The Morgan fingerprint density at radius 1 is 1.56 bits per heavy atom. The van der Waals surface area contributed by atoms with Crippen molar-refractivity contribution in [2.45, 2.75) is 25.5 Å². The Morgan fingerprint density at radius 3 is 2.89 bits per heavy atom. The Hall–Kier alpha value is -0.620. The number of nitrogens with zero attached hydrogens (tertiary/aromatic N) is 3. The summed E-state index contributed by atoms with van der Waals surface area (Å²) >= 11 is 11.7. The molecule has 2 heterocycles. The molecule has 1 aromatic heterocycles. The van der Waals surface area contributed by atoms with E-state index in [2.05, 4.69) is 9.97 Å². The second kappa shape index (κ2) is 5.17. The van der Waals surface area contributed by atoms with E-state index in [9.17, 15) is 5.11 Å². The third-order valence-electron chi connectivity index (χ3n) is 3.04. The third-order valence-corrected chi connectivity index (χ3v) is 3.40. The molecule has 0 amide bonds. The maximum Gasteiger partial charge on any atom is 0.225 e. The molecular weight excluding hydrogens is 277 g/mol. The predicted molar refractivity (Wildman–Crippen MR) is 70.3 cm³/mol. The van der Waals surface area contributed by atoms with Crippen molar-refractivity contribution in [3.8, 4) is 0 Å². The maximum absolute atomic E-state index is 9.58. The van der Waals surface area contributed by atoms with Crippen LogP contribution in [0.3, 0.4) is 0 Å². The number of ether oxygens (including phenoxy) is 1. The van der Waals surface area contributed by atoms with Crippen LogP contribution in [0.1, 0.15) is 13.8 Å². The summed E-state index contributed by atoms with van der Waals surface area (Å²) in [7, 11) is 0. The van der Waals surface area contributed by atoms with E-state index in [4.69, 9.17) is 27.9 Å². The summed E-state index contributed by atoms with van der Waals surface area (Å²) < 4.78 is 5.59. The molecule has 1 saturated heterocycles. The fourth-order valence-electron chi connectivity index (χ4n) is 1.95. The topological polar surface area (TPSA) is 58.5 Å². The molecule has 0 aliphatic carbocycles. The predicted octanol–water partition coefficient (Wildman–Crippen LogP) is 1.76. The van der Waals surface area contributed by atoms with Crippen LogP contribution in [0.15, 0.2) is 6.07 Å². The zero-order valence-electron chi connectivity index (χ0n) is 10.2. The number of halogens is 2. The number of aliphatic hydroxyl groups excluding tert-OH is 1. The number of anilines is 1. The molecule has 1 aromatic rings. The van der Waals surface area contributed by atoms with Crippen molar-refractivity contribution >= 4 is 29.0 Å². The molecule has 2 rings (SSSR count). The van der Waals surface area contributed by atoms with Gasteiger partial charge >= 0.3 is 0 Å². The molecule has 1 aliphatic heterocycles. The Bertz CT molecular complexity index is 426. The largest absolute Gasteiger partial charge is 0.394 e. The van der Waals surface area contributed by atoms with Gasteiger partial charge in [0.15, 0.2) is 0 Å². The van der Waals surface area contributed by atoms with Crippen LogP contribution in [-0.2, 0) is 4.74 Å². The summed E-state index contributed by atoms with van der Waals surface area (Å²) in [6.45, 7) is 4.86. The summed E-state index contributed by atoms with van der Waals surface area (Å²) in [5.41, 5.74) is -0.534. The average Bonchev–Trinajstić information content (AvgIpc) is 2.31. The second-order valence-electron chi connectivity index (χ2n) is 4.71. The van der Waals surface area contributed by atoms with Crippen LogP contribution >= 0.6 is 23.2 Å². The summed E-state index contributed by atoms with van der Waals surface area (Å²) in [6.07, 6.45) is 0.0529. The molecule has 1 aliphatic rings. The maximum atomic E-state index is 9.58. The molecule has 1 fully saturated rings. The summed E-state index contributed by atoms with van der Waals surface area (Å²) in [5.74, 6) is 0.603. The molecule has 0 aromatic carbocycles. The first kappa shape index (κ1) is 13.8.